The summed E-state index contributed by atoms with van der Waals surface area (Å²) in [5, 5.41) is 0.378. The minimum Gasteiger partial charge on any atom is -0.490 e. The molecule has 0 N–H and O–H groups in total. The summed E-state index contributed by atoms with van der Waals surface area (Å²) in [5.74, 6) is 1.82. The Morgan fingerprint density at radius 1 is 1.24 bits per heavy atom. The van der Waals surface area contributed by atoms with Crippen LogP contribution >= 0.6 is 11.6 Å². The highest BCUT2D eigenvalue weighted by molar-refractivity contribution is 6.20. The van der Waals surface area contributed by atoms with Gasteiger partial charge < -0.3 is 4.74 Å². The number of hydrogen-bond donors (Lipinski definition) is 0. The standard InChI is InChI=1S/C15H19ClO/c16-15(12-5-6-12)9-4-11-2-1-3-14(10-11)17-13-7-8-13/h1-3,10,12-13,15H,4-9H2. The Bertz CT molecular complexity index is 382. The lowest BCUT2D eigenvalue weighted by Crippen LogP contribution is -2.03. The van der Waals surface area contributed by atoms with Gasteiger partial charge in [-0.05, 0) is 62.1 Å². The first-order valence-corrected chi connectivity index (χ1v) is 7.14. The second kappa shape index (κ2) is 4.89. The van der Waals surface area contributed by atoms with Crippen molar-refractivity contribution in [3.63, 3.8) is 0 Å². The van der Waals surface area contributed by atoms with Crippen LogP contribution in [0.3, 0.4) is 0 Å². The van der Waals surface area contributed by atoms with Crippen molar-refractivity contribution in [3.8, 4) is 5.75 Å². The van der Waals surface area contributed by atoms with Crippen molar-refractivity contribution in [1.29, 1.82) is 0 Å². The summed E-state index contributed by atoms with van der Waals surface area (Å²) in [5.41, 5.74) is 1.36. The Morgan fingerprint density at radius 3 is 2.76 bits per heavy atom. The molecule has 0 saturated heterocycles. The zero-order chi connectivity index (χ0) is 11.7. The molecule has 1 nitrogen and oxygen atoms in total. The minimum atomic E-state index is 0.378. The predicted molar refractivity (Wildman–Crippen MR) is 70.8 cm³/mol. The third kappa shape index (κ3) is 3.38. The predicted octanol–water partition coefficient (Wildman–Crippen LogP) is 4.18. The van der Waals surface area contributed by atoms with Crippen molar-refractivity contribution in [1.82, 2.24) is 0 Å². The van der Waals surface area contributed by atoms with E-state index in [4.69, 9.17) is 16.3 Å². The Kier molecular flexibility index (Phi) is 3.28. The molecule has 2 heteroatoms. The highest BCUT2D eigenvalue weighted by Crippen LogP contribution is 2.37. The molecule has 2 saturated carbocycles. The highest BCUT2D eigenvalue weighted by atomic mass is 35.5. The van der Waals surface area contributed by atoms with E-state index in [9.17, 15) is 0 Å². The second-order valence-corrected chi connectivity index (χ2v) is 5.92. The molecule has 17 heavy (non-hydrogen) atoms. The molecule has 92 valence electrons. The molecule has 1 aromatic rings. The maximum atomic E-state index is 6.33. The van der Waals surface area contributed by atoms with Crippen molar-refractivity contribution in [3.05, 3.63) is 29.8 Å². The fourth-order valence-corrected chi connectivity index (χ4v) is 2.51. The van der Waals surface area contributed by atoms with Crippen LogP contribution in [0.15, 0.2) is 24.3 Å². The number of ether oxygens (including phenoxy) is 1. The van der Waals surface area contributed by atoms with Gasteiger partial charge in [0.2, 0.25) is 0 Å². The fraction of sp³-hybridized carbons (Fsp3) is 0.600. The van der Waals surface area contributed by atoms with Crippen LogP contribution in [0.4, 0.5) is 0 Å². The molecule has 0 heterocycles. The normalized spacial score (nSPS) is 21.2. The number of benzene rings is 1. The first-order valence-electron chi connectivity index (χ1n) is 6.71. The second-order valence-electron chi connectivity index (χ2n) is 5.36. The summed E-state index contributed by atoms with van der Waals surface area (Å²) in [6, 6.07) is 8.50. The fourth-order valence-electron chi connectivity index (χ4n) is 2.15. The number of aryl methyl sites for hydroxylation is 1. The first-order chi connectivity index (χ1) is 8.31. The van der Waals surface area contributed by atoms with Gasteiger partial charge in [0.1, 0.15) is 5.75 Å². The van der Waals surface area contributed by atoms with E-state index in [0.717, 1.165) is 24.5 Å². The molecule has 1 aromatic carbocycles. The van der Waals surface area contributed by atoms with Gasteiger partial charge in [-0.3, -0.25) is 0 Å². The highest BCUT2D eigenvalue weighted by Gasteiger charge is 2.29. The van der Waals surface area contributed by atoms with Crippen LogP contribution in [0.5, 0.6) is 5.75 Å². The summed E-state index contributed by atoms with van der Waals surface area (Å²) >= 11 is 6.33. The molecule has 0 aromatic heterocycles. The third-order valence-electron chi connectivity index (χ3n) is 3.57. The molecule has 2 aliphatic rings. The van der Waals surface area contributed by atoms with E-state index >= 15 is 0 Å². The summed E-state index contributed by atoms with van der Waals surface area (Å²) in [7, 11) is 0. The molecule has 2 fully saturated rings. The van der Waals surface area contributed by atoms with Crippen LogP contribution in [0.1, 0.15) is 37.7 Å². The number of hydrogen-bond acceptors (Lipinski definition) is 1. The van der Waals surface area contributed by atoms with Crippen molar-refractivity contribution >= 4 is 11.6 Å². The lowest BCUT2D eigenvalue weighted by Gasteiger charge is -2.09. The molecular weight excluding hydrogens is 232 g/mol. The maximum absolute atomic E-state index is 6.33. The van der Waals surface area contributed by atoms with E-state index in [0.29, 0.717) is 11.5 Å². The van der Waals surface area contributed by atoms with E-state index in [2.05, 4.69) is 24.3 Å². The monoisotopic (exact) mass is 250 g/mol. The van der Waals surface area contributed by atoms with E-state index in [1.54, 1.807) is 0 Å². The van der Waals surface area contributed by atoms with Gasteiger partial charge in [-0.2, -0.15) is 0 Å². The Hall–Kier alpha value is -0.690. The van der Waals surface area contributed by atoms with Gasteiger partial charge in [0, 0.05) is 5.38 Å². The van der Waals surface area contributed by atoms with Crippen LogP contribution < -0.4 is 4.74 Å². The number of halogens is 1. The van der Waals surface area contributed by atoms with Crippen LogP contribution in [0, 0.1) is 5.92 Å². The Balaban J connectivity index is 1.53. The van der Waals surface area contributed by atoms with Crippen LogP contribution in [-0.2, 0) is 6.42 Å². The molecule has 3 rings (SSSR count). The molecule has 2 aliphatic carbocycles. The van der Waals surface area contributed by atoms with Crippen molar-refractivity contribution in [2.24, 2.45) is 5.92 Å². The quantitative estimate of drug-likeness (QED) is 0.689. The van der Waals surface area contributed by atoms with E-state index in [-0.39, 0.29) is 0 Å². The average Bonchev–Trinajstić information content (AvgIpc) is 3.17. The van der Waals surface area contributed by atoms with Gasteiger partial charge in [-0.25, -0.2) is 0 Å². The van der Waals surface area contributed by atoms with Gasteiger partial charge >= 0.3 is 0 Å². The molecule has 0 bridgehead atoms. The van der Waals surface area contributed by atoms with Crippen molar-refractivity contribution in [2.45, 2.75) is 50.0 Å². The Morgan fingerprint density at radius 2 is 2.06 bits per heavy atom. The smallest absolute Gasteiger partial charge is 0.119 e. The van der Waals surface area contributed by atoms with E-state index in [1.165, 1.54) is 31.2 Å². The molecule has 0 radical (unpaired) electrons. The maximum Gasteiger partial charge on any atom is 0.119 e. The summed E-state index contributed by atoms with van der Waals surface area (Å²) in [4.78, 5) is 0. The van der Waals surface area contributed by atoms with Crippen molar-refractivity contribution in [2.75, 3.05) is 0 Å². The zero-order valence-electron chi connectivity index (χ0n) is 10.1. The lowest BCUT2D eigenvalue weighted by molar-refractivity contribution is 0.303. The van der Waals surface area contributed by atoms with Gasteiger partial charge in [0.25, 0.3) is 0 Å². The molecule has 1 atom stereocenters. The zero-order valence-corrected chi connectivity index (χ0v) is 10.8. The van der Waals surface area contributed by atoms with Gasteiger partial charge in [0.05, 0.1) is 6.10 Å². The topological polar surface area (TPSA) is 9.23 Å². The molecule has 0 amide bonds. The molecular formula is C15H19ClO. The summed E-state index contributed by atoms with van der Waals surface area (Å²) in [6.07, 6.45) is 7.76. The molecule has 0 spiro atoms. The van der Waals surface area contributed by atoms with Crippen LogP contribution in [0.2, 0.25) is 0 Å². The van der Waals surface area contributed by atoms with E-state index < -0.39 is 0 Å². The largest absolute Gasteiger partial charge is 0.490 e. The average molecular weight is 251 g/mol. The third-order valence-corrected chi connectivity index (χ3v) is 4.14. The van der Waals surface area contributed by atoms with Crippen molar-refractivity contribution < 1.29 is 4.74 Å². The summed E-state index contributed by atoms with van der Waals surface area (Å²) < 4.78 is 5.80. The SMILES string of the molecule is ClC(CCc1cccc(OC2CC2)c1)C1CC1. The Labute approximate surface area is 108 Å². The number of rotatable bonds is 6. The van der Waals surface area contributed by atoms with Gasteiger partial charge in [-0.15, -0.1) is 11.6 Å². The lowest BCUT2D eigenvalue weighted by atomic mass is 10.1. The summed E-state index contributed by atoms with van der Waals surface area (Å²) in [6.45, 7) is 0. The van der Waals surface area contributed by atoms with Crippen LogP contribution in [-0.4, -0.2) is 11.5 Å². The van der Waals surface area contributed by atoms with Crippen LogP contribution in [0.25, 0.3) is 0 Å². The molecule has 1 unspecified atom stereocenters. The van der Waals surface area contributed by atoms with E-state index in [1.807, 2.05) is 0 Å². The molecule has 0 aliphatic heterocycles. The number of alkyl halides is 1. The minimum absolute atomic E-state index is 0.378. The van der Waals surface area contributed by atoms with Gasteiger partial charge in [0.15, 0.2) is 0 Å². The van der Waals surface area contributed by atoms with Gasteiger partial charge in [-0.1, -0.05) is 12.1 Å². The first kappa shape index (κ1) is 11.4.